The minimum absolute atomic E-state index is 0.823. The van der Waals surface area contributed by atoms with Gasteiger partial charge in [0.15, 0.2) is 11.5 Å². The molecule has 6 nitrogen and oxygen atoms in total. The number of benzene rings is 5. The molecule has 6 heteroatoms. The summed E-state index contributed by atoms with van der Waals surface area (Å²) in [5.74, 6) is 1.65. The Balaban J connectivity index is 1.44. The van der Waals surface area contributed by atoms with E-state index in [2.05, 4.69) is 116 Å². The molecule has 0 N–H and O–H groups in total. The highest BCUT2D eigenvalue weighted by Gasteiger charge is 2.33. The molecule has 212 valence electrons. The molecule has 12 rings (SSSR count). The Bertz CT molecular complexity index is 2880. The molecular formula is C40H21N5O. The van der Waals surface area contributed by atoms with E-state index in [0.29, 0.717) is 0 Å². The summed E-state index contributed by atoms with van der Waals surface area (Å²) in [6.45, 7) is 0. The molecule has 0 bridgehead atoms. The number of nitrogens with zero attached hydrogens (tertiary/aromatic N) is 5. The number of ether oxygens (including phenoxy) is 1. The molecule has 7 heterocycles. The number of hydrogen-bond donors (Lipinski definition) is 0. The second kappa shape index (κ2) is 7.81. The van der Waals surface area contributed by atoms with Crippen molar-refractivity contribution in [1.82, 2.24) is 18.8 Å². The molecule has 0 fully saturated rings. The summed E-state index contributed by atoms with van der Waals surface area (Å²) >= 11 is 0. The van der Waals surface area contributed by atoms with Crippen LogP contribution in [0.15, 0.2) is 128 Å². The van der Waals surface area contributed by atoms with Gasteiger partial charge in [-0.1, -0.05) is 60.7 Å². The first-order chi connectivity index (χ1) is 22.9. The van der Waals surface area contributed by atoms with Gasteiger partial charge in [0, 0.05) is 50.1 Å². The van der Waals surface area contributed by atoms with Crippen LogP contribution in [0.5, 0.6) is 11.5 Å². The van der Waals surface area contributed by atoms with Gasteiger partial charge < -0.3 is 13.5 Å². The maximum atomic E-state index is 6.54. The summed E-state index contributed by atoms with van der Waals surface area (Å²) in [6.07, 6.45) is 5.86. The standard InChI is InChI=1S/C40H21N5O/c1-2-11-29-22(8-1)26-17-19-42-35-28-20-27-25-10-7-9-24-23-16-18-41-21-32(23)45(36(24)25)38(27)40(39(28)44(29)37(26)35)43-30-12-3-5-14-33(30)46-34-15-6-4-13-31(34)43/h1-21H. The van der Waals surface area contributed by atoms with E-state index in [1.165, 1.54) is 43.4 Å². The van der Waals surface area contributed by atoms with Crippen molar-refractivity contribution in [2.24, 2.45) is 0 Å². The Hall–Kier alpha value is -6.40. The Kier molecular flexibility index (Phi) is 3.91. The van der Waals surface area contributed by atoms with E-state index >= 15 is 0 Å². The molecule has 1 aliphatic rings. The van der Waals surface area contributed by atoms with Crippen LogP contribution in [0.4, 0.5) is 17.1 Å². The maximum absolute atomic E-state index is 6.54. The quantitative estimate of drug-likeness (QED) is 0.192. The maximum Gasteiger partial charge on any atom is 0.151 e. The van der Waals surface area contributed by atoms with Crippen LogP contribution in [0.3, 0.4) is 0 Å². The number of pyridine rings is 2. The van der Waals surface area contributed by atoms with Crippen molar-refractivity contribution in [2.45, 2.75) is 0 Å². The summed E-state index contributed by atoms with van der Waals surface area (Å²) < 4.78 is 11.4. The van der Waals surface area contributed by atoms with E-state index in [9.17, 15) is 0 Å². The fraction of sp³-hybridized carbons (Fsp3) is 0. The highest BCUT2D eigenvalue weighted by atomic mass is 16.5. The Morgan fingerprint density at radius 3 is 1.96 bits per heavy atom. The van der Waals surface area contributed by atoms with Crippen molar-refractivity contribution in [3.05, 3.63) is 128 Å². The largest absolute Gasteiger partial charge is 0.453 e. The van der Waals surface area contributed by atoms with Crippen molar-refractivity contribution in [3.63, 3.8) is 0 Å². The average molecular weight is 588 g/mol. The van der Waals surface area contributed by atoms with Crippen LogP contribution in [0, 0.1) is 0 Å². The van der Waals surface area contributed by atoms with Crippen LogP contribution in [0.25, 0.3) is 76.3 Å². The number of fused-ring (bicyclic) bond motifs is 14. The van der Waals surface area contributed by atoms with Gasteiger partial charge in [0.25, 0.3) is 0 Å². The van der Waals surface area contributed by atoms with Gasteiger partial charge in [-0.15, -0.1) is 0 Å². The first-order valence-corrected chi connectivity index (χ1v) is 15.5. The summed E-state index contributed by atoms with van der Waals surface area (Å²) in [5.41, 5.74) is 11.0. The number of aromatic nitrogens is 4. The first kappa shape index (κ1) is 23.0. The minimum atomic E-state index is 0.823. The molecule has 0 aliphatic carbocycles. The lowest BCUT2D eigenvalue weighted by Crippen LogP contribution is -2.17. The van der Waals surface area contributed by atoms with Crippen molar-refractivity contribution < 1.29 is 4.74 Å². The van der Waals surface area contributed by atoms with E-state index in [-0.39, 0.29) is 0 Å². The van der Waals surface area contributed by atoms with Crippen LogP contribution in [-0.2, 0) is 0 Å². The number of para-hydroxylation sites is 6. The molecule has 0 amide bonds. The lowest BCUT2D eigenvalue weighted by Gasteiger charge is -2.33. The van der Waals surface area contributed by atoms with Gasteiger partial charge in [0.05, 0.1) is 61.9 Å². The van der Waals surface area contributed by atoms with E-state index in [4.69, 9.17) is 9.72 Å². The minimum Gasteiger partial charge on any atom is -0.453 e. The van der Waals surface area contributed by atoms with Gasteiger partial charge in [-0.05, 0) is 48.5 Å². The van der Waals surface area contributed by atoms with Crippen molar-refractivity contribution in [1.29, 1.82) is 0 Å². The fourth-order valence-corrected chi connectivity index (χ4v) is 8.35. The zero-order valence-electron chi connectivity index (χ0n) is 24.3. The van der Waals surface area contributed by atoms with Crippen LogP contribution < -0.4 is 9.64 Å². The molecular weight excluding hydrogens is 566 g/mol. The van der Waals surface area contributed by atoms with Crippen LogP contribution in [-0.4, -0.2) is 18.8 Å². The molecule has 11 aromatic rings. The Labute approximate surface area is 260 Å². The highest BCUT2D eigenvalue weighted by molar-refractivity contribution is 6.32. The molecule has 6 aromatic heterocycles. The Morgan fingerprint density at radius 1 is 0.478 bits per heavy atom. The summed E-state index contributed by atoms with van der Waals surface area (Å²) in [4.78, 5) is 12.1. The third kappa shape index (κ3) is 2.51. The topological polar surface area (TPSA) is 47.1 Å². The lowest BCUT2D eigenvalue weighted by atomic mass is 10.0. The SMILES string of the molecule is c1ccc2c(c1)Oc1ccccc1N2c1c2c(cc3c4nccc5c6ccccc6n(c13)c54)c1cccc3c4ccncc4n2c31. The van der Waals surface area contributed by atoms with Crippen molar-refractivity contribution in [3.8, 4) is 11.5 Å². The molecule has 0 unspecified atom stereocenters. The summed E-state index contributed by atoms with van der Waals surface area (Å²) in [5, 5.41) is 8.41. The van der Waals surface area contributed by atoms with E-state index < -0.39 is 0 Å². The third-order valence-electron chi connectivity index (χ3n) is 10.1. The molecule has 0 atom stereocenters. The van der Waals surface area contributed by atoms with Gasteiger partial charge in [0.2, 0.25) is 0 Å². The number of hydrogen-bond acceptors (Lipinski definition) is 4. The smallest absolute Gasteiger partial charge is 0.151 e. The molecule has 5 aromatic carbocycles. The molecule has 0 saturated heterocycles. The van der Waals surface area contributed by atoms with Gasteiger partial charge in [-0.2, -0.15) is 0 Å². The van der Waals surface area contributed by atoms with E-state index in [0.717, 1.165) is 61.5 Å². The zero-order valence-corrected chi connectivity index (χ0v) is 24.3. The third-order valence-corrected chi connectivity index (χ3v) is 10.1. The Morgan fingerprint density at radius 2 is 1.11 bits per heavy atom. The second-order valence-electron chi connectivity index (χ2n) is 12.2. The van der Waals surface area contributed by atoms with Crippen LogP contribution in [0.2, 0.25) is 0 Å². The van der Waals surface area contributed by atoms with Crippen LogP contribution >= 0.6 is 0 Å². The van der Waals surface area contributed by atoms with Gasteiger partial charge in [0.1, 0.15) is 0 Å². The predicted octanol–water partition coefficient (Wildman–Crippen LogP) is 10.4. The van der Waals surface area contributed by atoms with Crippen molar-refractivity contribution in [2.75, 3.05) is 4.90 Å². The molecule has 0 radical (unpaired) electrons. The molecule has 0 saturated carbocycles. The predicted molar refractivity (Wildman–Crippen MR) is 186 cm³/mol. The zero-order chi connectivity index (χ0) is 29.7. The highest BCUT2D eigenvalue weighted by Crippen LogP contribution is 2.56. The molecule has 1 aliphatic heterocycles. The number of rotatable bonds is 1. The average Bonchev–Trinajstić information content (AvgIpc) is 3.83. The monoisotopic (exact) mass is 587 g/mol. The van der Waals surface area contributed by atoms with Gasteiger partial charge in [-0.25, -0.2) is 0 Å². The van der Waals surface area contributed by atoms with E-state index in [1.54, 1.807) is 0 Å². The summed E-state index contributed by atoms with van der Waals surface area (Å²) in [7, 11) is 0. The van der Waals surface area contributed by atoms with Crippen molar-refractivity contribution >= 4 is 93.4 Å². The van der Waals surface area contributed by atoms with E-state index in [1.807, 2.05) is 30.7 Å². The second-order valence-corrected chi connectivity index (χ2v) is 12.2. The number of anilines is 3. The lowest BCUT2D eigenvalue weighted by molar-refractivity contribution is 0.477. The molecule has 0 spiro atoms. The molecule has 46 heavy (non-hydrogen) atoms. The summed E-state index contributed by atoms with van der Waals surface area (Å²) in [6, 6.07) is 38.7. The fourth-order valence-electron chi connectivity index (χ4n) is 8.35. The normalized spacial score (nSPS) is 13.3. The van der Waals surface area contributed by atoms with Gasteiger partial charge >= 0.3 is 0 Å². The van der Waals surface area contributed by atoms with Gasteiger partial charge in [-0.3, -0.25) is 14.9 Å². The van der Waals surface area contributed by atoms with Crippen LogP contribution in [0.1, 0.15) is 0 Å². The first-order valence-electron chi connectivity index (χ1n) is 15.5.